The number of hydrogen-bond donors (Lipinski definition) is 2. The van der Waals surface area contributed by atoms with Crippen molar-refractivity contribution >= 4 is 11.9 Å². The minimum absolute atomic E-state index is 0.0422. The lowest BCUT2D eigenvalue weighted by atomic mass is 10.2. The molecule has 3 N–H and O–H groups in total. The fraction of sp³-hybridized carbons (Fsp3) is 0.800. The van der Waals surface area contributed by atoms with Gasteiger partial charge in [-0.05, 0) is 19.3 Å². The Morgan fingerprint density at radius 3 is 2.44 bits per heavy atom. The van der Waals surface area contributed by atoms with Gasteiger partial charge in [0, 0.05) is 19.1 Å². The fourth-order valence-electron chi connectivity index (χ4n) is 2.19. The Kier molecular flexibility index (Phi) is 3.11. The Morgan fingerprint density at radius 2 is 1.94 bits per heavy atom. The van der Waals surface area contributed by atoms with E-state index in [1.165, 1.54) is 0 Å². The lowest BCUT2D eigenvalue weighted by Crippen LogP contribution is -2.39. The lowest BCUT2D eigenvalue weighted by molar-refractivity contribution is -0.154. The molecule has 0 aromatic carbocycles. The molecule has 2 aliphatic rings. The van der Waals surface area contributed by atoms with Gasteiger partial charge in [-0.3, -0.25) is 4.79 Å². The maximum absolute atomic E-state index is 11.9. The molecule has 0 saturated carbocycles. The van der Waals surface area contributed by atoms with Crippen LogP contribution in [0.1, 0.15) is 19.3 Å². The van der Waals surface area contributed by atoms with Crippen molar-refractivity contribution in [2.75, 3.05) is 13.1 Å². The van der Waals surface area contributed by atoms with Crippen molar-refractivity contribution in [3.63, 3.8) is 0 Å². The SMILES string of the molecule is NC1CCN(C(=O)C2CCC(C(=O)O)O2)C1. The molecule has 2 saturated heterocycles. The number of carboxylic acids is 1. The quantitative estimate of drug-likeness (QED) is 0.644. The first kappa shape index (κ1) is 11.3. The molecule has 0 radical (unpaired) electrons. The predicted molar refractivity (Wildman–Crippen MR) is 54.7 cm³/mol. The second-order valence-electron chi connectivity index (χ2n) is 4.36. The Morgan fingerprint density at radius 1 is 1.25 bits per heavy atom. The molecule has 6 nitrogen and oxygen atoms in total. The number of likely N-dealkylation sites (tertiary alicyclic amines) is 1. The van der Waals surface area contributed by atoms with E-state index in [2.05, 4.69) is 0 Å². The highest BCUT2D eigenvalue weighted by atomic mass is 16.5. The van der Waals surface area contributed by atoms with Gasteiger partial charge in [0.05, 0.1) is 0 Å². The van der Waals surface area contributed by atoms with E-state index in [0.29, 0.717) is 25.9 Å². The number of carbonyl (C=O) groups excluding carboxylic acids is 1. The molecular weight excluding hydrogens is 212 g/mol. The molecule has 3 unspecified atom stereocenters. The highest BCUT2D eigenvalue weighted by molar-refractivity contribution is 5.83. The van der Waals surface area contributed by atoms with Gasteiger partial charge < -0.3 is 20.5 Å². The number of hydrogen-bond acceptors (Lipinski definition) is 4. The summed E-state index contributed by atoms with van der Waals surface area (Å²) in [7, 11) is 0. The van der Waals surface area contributed by atoms with Crippen LogP contribution in [0.3, 0.4) is 0 Å². The summed E-state index contributed by atoms with van der Waals surface area (Å²) in [6.07, 6.45) is 0.283. The van der Waals surface area contributed by atoms with E-state index < -0.39 is 18.2 Å². The number of nitrogens with two attached hydrogens (primary N) is 1. The van der Waals surface area contributed by atoms with E-state index >= 15 is 0 Å². The monoisotopic (exact) mass is 228 g/mol. The molecule has 0 aromatic heterocycles. The number of carbonyl (C=O) groups is 2. The highest BCUT2D eigenvalue weighted by Gasteiger charge is 2.38. The summed E-state index contributed by atoms with van der Waals surface area (Å²) in [5.41, 5.74) is 5.71. The van der Waals surface area contributed by atoms with E-state index in [1.54, 1.807) is 4.90 Å². The maximum Gasteiger partial charge on any atom is 0.332 e. The molecule has 1 amide bonds. The molecule has 2 heterocycles. The summed E-state index contributed by atoms with van der Waals surface area (Å²) in [4.78, 5) is 24.3. The molecule has 16 heavy (non-hydrogen) atoms. The number of rotatable bonds is 2. The second-order valence-corrected chi connectivity index (χ2v) is 4.36. The predicted octanol–water partition coefficient (Wildman–Crippen LogP) is -0.822. The summed E-state index contributed by atoms with van der Waals surface area (Å²) in [6.45, 7) is 1.20. The zero-order chi connectivity index (χ0) is 11.7. The van der Waals surface area contributed by atoms with Gasteiger partial charge in [-0.2, -0.15) is 0 Å². The minimum atomic E-state index is -0.992. The average molecular weight is 228 g/mol. The van der Waals surface area contributed by atoms with Crippen LogP contribution in [0.5, 0.6) is 0 Å². The smallest absolute Gasteiger partial charge is 0.332 e. The third kappa shape index (κ3) is 2.17. The first-order valence-corrected chi connectivity index (χ1v) is 5.50. The molecule has 90 valence electrons. The zero-order valence-electron chi connectivity index (χ0n) is 8.96. The van der Waals surface area contributed by atoms with Gasteiger partial charge >= 0.3 is 5.97 Å². The normalized spacial score (nSPS) is 34.3. The highest BCUT2D eigenvalue weighted by Crippen LogP contribution is 2.23. The second kappa shape index (κ2) is 4.39. The first-order chi connectivity index (χ1) is 7.58. The molecule has 0 bridgehead atoms. The van der Waals surface area contributed by atoms with Gasteiger partial charge in [-0.15, -0.1) is 0 Å². The van der Waals surface area contributed by atoms with Crippen LogP contribution in [-0.2, 0) is 14.3 Å². The first-order valence-electron chi connectivity index (χ1n) is 5.50. The average Bonchev–Trinajstić information content (AvgIpc) is 2.84. The molecule has 3 atom stereocenters. The van der Waals surface area contributed by atoms with Crippen LogP contribution in [-0.4, -0.2) is 53.2 Å². The number of amides is 1. The van der Waals surface area contributed by atoms with Crippen molar-refractivity contribution in [3.8, 4) is 0 Å². The summed E-state index contributed by atoms with van der Waals surface area (Å²) in [5.74, 6) is -1.11. The van der Waals surface area contributed by atoms with Crippen molar-refractivity contribution in [1.82, 2.24) is 4.90 Å². The van der Waals surface area contributed by atoms with E-state index in [4.69, 9.17) is 15.6 Å². The number of carboxylic acid groups (broad SMARTS) is 1. The molecule has 6 heteroatoms. The van der Waals surface area contributed by atoms with Crippen molar-refractivity contribution in [3.05, 3.63) is 0 Å². The summed E-state index contributed by atoms with van der Waals surface area (Å²) in [6, 6.07) is 0.0422. The lowest BCUT2D eigenvalue weighted by Gasteiger charge is -2.19. The van der Waals surface area contributed by atoms with Crippen LogP contribution in [0.25, 0.3) is 0 Å². The number of nitrogens with zero attached hydrogens (tertiary/aromatic N) is 1. The maximum atomic E-state index is 11.9. The minimum Gasteiger partial charge on any atom is -0.479 e. The van der Waals surface area contributed by atoms with Gasteiger partial charge in [0.1, 0.15) is 6.10 Å². The molecule has 0 aromatic rings. The van der Waals surface area contributed by atoms with Crippen molar-refractivity contribution in [1.29, 1.82) is 0 Å². The van der Waals surface area contributed by atoms with Crippen LogP contribution in [0.2, 0.25) is 0 Å². The third-order valence-corrected chi connectivity index (χ3v) is 3.11. The third-order valence-electron chi connectivity index (χ3n) is 3.11. The molecular formula is C10H16N2O4. The largest absolute Gasteiger partial charge is 0.479 e. The summed E-state index contributed by atoms with van der Waals surface area (Å²) in [5, 5.41) is 8.75. The standard InChI is InChI=1S/C10H16N2O4/c11-6-3-4-12(5-6)9(13)7-1-2-8(16-7)10(14)15/h6-8H,1-5,11H2,(H,14,15). The van der Waals surface area contributed by atoms with Gasteiger partial charge in [0.2, 0.25) is 0 Å². The Labute approximate surface area is 93.3 Å². The van der Waals surface area contributed by atoms with Crippen LogP contribution in [0.4, 0.5) is 0 Å². The molecule has 2 rings (SSSR count). The van der Waals surface area contributed by atoms with Gasteiger partial charge in [0.25, 0.3) is 5.91 Å². The van der Waals surface area contributed by atoms with Crippen molar-refractivity contribution in [2.24, 2.45) is 5.73 Å². The molecule has 2 aliphatic heterocycles. The Balaban J connectivity index is 1.89. The number of ether oxygens (including phenoxy) is 1. The summed E-state index contributed by atoms with van der Waals surface area (Å²) < 4.78 is 5.20. The van der Waals surface area contributed by atoms with Crippen LogP contribution in [0, 0.1) is 0 Å². The molecule has 0 aliphatic carbocycles. The van der Waals surface area contributed by atoms with Crippen molar-refractivity contribution < 1.29 is 19.4 Å². The fourth-order valence-corrected chi connectivity index (χ4v) is 2.19. The topological polar surface area (TPSA) is 92.9 Å². The van der Waals surface area contributed by atoms with E-state index in [-0.39, 0.29) is 11.9 Å². The van der Waals surface area contributed by atoms with Crippen molar-refractivity contribution in [2.45, 2.75) is 37.5 Å². The zero-order valence-corrected chi connectivity index (χ0v) is 8.96. The number of aliphatic carboxylic acids is 1. The van der Waals surface area contributed by atoms with E-state index in [0.717, 1.165) is 6.42 Å². The van der Waals surface area contributed by atoms with Crippen LogP contribution >= 0.6 is 0 Å². The Hall–Kier alpha value is -1.14. The molecule has 0 spiro atoms. The van der Waals surface area contributed by atoms with Gasteiger partial charge in [0.15, 0.2) is 6.10 Å². The van der Waals surface area contributed by atoms with E-state index in [9.17, 15) is 9.59 Å². The van der Waals surface area contributed by atoms with Gasteiger partial charge in [-0.1, -0.05) is 0 Å². The van der Waals surface area contributed by atoms with E-state index in [1.807, 2.05) is 0 Å². The van der Waals surface area contributed by atoms with Crippen LogP contribution < -0.4 is 5.73 Å². The molecule has 2 fully saturated rings. The van der Waals surface area contributed by atoms with Gasteiger partial charge in [-0.25, -0.2) is 4.79 Å². The Bertz CT molecular complexity index is 307. The summed E-state index contributed by atoms with van der Waals surface area (Å²) >= 11 is 0. The van der Waals surface area contributed by atoms with Crippen LogP contribution in [0.15, 0.2) is 0 Å².